The Bertz CT molecular complexity index is 937. The van der Waals surface area contributed by atoms with Crippen LogP contribution in [0.15, 0.2) is 60.7 Å². The normalized spacial score (nSPS) is 11.6. The fourth-order valence-electron chi connectivity index (χ4n) is 4.78. The molecule has 0 radical (unpaired) electrons. The minimum absolute atomic E-state index is 0.486. The van der Waals surface area contributed by atoms with Gasteiger partial charge in [0.05, 0.1) is 0 Å². The molecule has 0 bridgehead atoms. The zero-order chi connectivity index (χ0) is 24.8. The third-order valence-corrected chi connectivity index (χ3v) is 6.78. The first-order chi connectivity index (χ1) is 16.2. The molecular formula is C32H44N2. The molecule has 2 N–H and O–H groups in total. The van der Waals surface area contributed by atoms with E-state index in [-0.39, 0.29) is 0 Å². The molecule has 0 spiro atoms. The molecule has 0 saturated heterocycles. The molecule has 0 aromatic heterocycles. The highest BCUT2D eigenvalue weighted by Gasteiger charge is 2.16. The van der Waals surface area contributed by atoms with Crippen LogP contribution >= 0.6 is 0 Å². The first kappa shape index (κ1) is 25.9. The van der Waals surface area contributed by atoms with Gasteiger partial charge >= 0.3 is 0 Å². The summed E-state index contributed by atoms with van der Waals surface area (Å²) in [7, 11) is 0. The van der Waals surface area contributed by atoms with Crippen LogP contribution < -0.4 is 10.6 Å². The van der Waals surface area contributed by atoms with Crippen LogP contribution in [-0.2, 0) is 13.1 Å². The van der Waals surface area contributed by atoms with E-state index in [0.29, 0.717) is 23.7 Å². The lowest BCUT2D eigenvalue weighted by Gasteiger charge is -2.23. The van der Waals surface area contributed by atoms with Crippen molar-refractivity contribution in [3.05, 3.63) is 94.0 Å². The number of para-hydroxylation sites is 2. The highest BCUT2D eigenvalue weighted by atomic mass is 14.9. The van der Waals surface area contributed by atoms with Gasteiger partial charge in [-0.2, -0.15) is 0 Å². The van der Waals surface area contributed by atoms with Crippen LogP contribution in [0.25, 0.3) is 0 Å². The molecule has 0 aliphatic heterocycles. The van der Waals surface area contributed by atoms with Crippen molar-refractivity contribution in [2.24, 2.45) is 0 Å². The van der Waals surface area contributed by atoms with Crippen LogP contribution in [0.1, 0.15) is 112 Å². The predicted octanol–water partition coefficient (Wildman–Crippen LogP) is 9.40. The number of hydrogen-bond donors (Lipinski definition) is 2. The molecular weight excluding hydrogens is 412 g/mol. The molecule has 0 aliphatic rings. The van der Waals surface area contributed by atoms with Gasteiger partial charge < -0.3 is 10.6 Å². The zero-order valence-electron chi connectivity index (χ0n) is 22.5. The summed E-state index contributed by atoms with van der Waals surface area (Å²) in [6.07, 6.45) is 0. The summed E-state index contributed by atoms with van der Waals surface area (Å²) in [5.74, 6) is 1.94. The minimum atomic E-state index is 0.486. The molecule has 0 saturated carbocycles. The zero-order valence-corrected chi connectivity index (χ0v) is 22.5. The average molecular weight is 457 g/mol. The Kier molecular flexibility index (Phi) is 8.83. The van der Waals surface area contributed by atoms with Crippen LogP contribution in [0.5, 0.6) is 0 Å². The second-order valence-corrected chi connectivity index (χ2v) is 10.7. The van der Waals surface area contributed by atoms with Gasteiger partial charge in [-0.3, -0.25) is 0 Å². The van der Waals surface area contributed by atoms with Crippen LogP contribution in [0, 0.1) is 0 Å². The molecule has 0 amide bonds. The summed E-state index contributed by atoms with van der Waals surface area (Å²) in [4.78, 5) is 0. The number of nitrogens with one attached hydrogen (secondary N) is 2. The molecule has 3 aromatic carbocycles. The summed E-state index contributed by atoms with van der Waals surface area (Å²) in [6.45, 7) is 19.9. The Morgan fingerprint density at radius 2 is 0.735 bits per heavy atom. The molecule has 2 heteroatoms. The molecule has 0 unspecified atom stereocenters. The van der Waals surface area contributed by atoms with E-state index in [1.807, 2.05) is 0 Å². The van der Waals surface area contributed by atoms with Gasteiger partial charge in [0.1, 0.15) is 0 Å². The van der Waals surface area contributed by atoms with Crippen LogP contribution in [0.4, 0.5) is 11.4 Å². The summed E-state index contributed by atoms with van der Waals surface area (Å²) in [5, 5.41) is 7.66. The van der Waals surface area contributed by atoms with Crippen molar-refractivity contribution in [3.8, 4) is 0 Å². The standard InChI is InChI=1S/C32H44N2/c1-21(2)27-15-11-16-28(22(3)4)31(27)33-19-25-13-9-10-14-26(25)20-34-32-29(23(5)6)17-12-18-30(32)24(7)8/h9-18,21-24,33-34H,19-20H2,1-8H3. The van der Waals surface area contributed by atoms with Gasteiger partial charge in [-0.25, -0.2) is 0 Å². The maximum atomic E-state index is 3.83. The molecule has 0 atom stereocenters. The van der Waals surface area contributed by atoms with Crippen molar-refractivity contribution in [2.45, 2.75) is 92.2 Å². The minimum Gasteiger partial charge on any atom is -0.380 e. The van der Waals surface area contributed by atoms with Crippen molar-refractivity contribution in [2.75, 3.05) is 10.6 Å². The molecule has 0 fully saturated rings. The van der Waals surface area contributed by atoms with Crippen molar-refractivity contribution in [3.63, 3.8) is 0 Å². The maximum Gasteiger partial charge on any atom is 0.0413 e. The Labute approximate surface area is 208 Å². The van der Waals surface area contributed by atoms with E-state index in [2.05, 4.69) is 127 Å². The van der Waals surface area contributed by atoms with Crippen LogP contribution in [0.2, 0.25) is 0 Å². The largest absolute Gasteiger partial charge is 0.380 e. The summed E-state index contributed by atoms with van der Waals surface area (Å²) in [5.41, 5.74) is 10.9. The summed E-state index contributed by atoms with van der Waals surface area (Å²) < 4.78 is 0. The van der Waals surface area contributed by atoms with Gasteiger partial charge in [-0.1, -0.05) is 116 Å². The highest BCUT2D eigenvalue weighted by Crippen LogP contribution is 2.34. The lowest BCUT2D eigenvalue weighted by molar-refractivity contribution is 0.830. The van der Waals surface area contributed by atoms with Gasteiger partial charge in [0.15, 0.2) is 0 Å². The van der Waals surface area contributed by atoms with E-state index in [1.54, 1.807) is 0 Å². The molecule has 3 rings (SSSR count). The fourth-order valence-corrected chi connectivity index (χ4v) is 4.78. The topological polar surface area (TPSA) is 24.1 Å². The van der Waals surface area contributed by atoms with Gasteiger partial charge in [0.25, 0.3) is 0 Å². The van der Waals surface area contributed by atoms with Gasteiger partial charge in [0, 0.05) is 24.5 Å². The number of rotatable bonds is 10. The van der Waals surface area contributed by atoms with Crippen LogP contribution in [0.3, 0.4) is 0 Å². The number of benzene rings is 3. The monoisotopic (exact) mass is 456 g/mol. The average Bonchev–Trinajstić information content (AvgIpc) is 2.81. The van der Waals surface area contributed by atoms with Gasteiger partial charge in [0.2, 0.25) is 0 Å². The number of anilines is 2. The smallest absolute Gasteiger partial charge is 0.0413 e. The summed E-state index contributed by atoms with van der Waals surface area (Å²) >= 11 is 0. The highest BCUT2D eigenvalue weighted by molar-refractivity contribution is 5.62. The first-order valence-corrected chi connectivity index (χ1v) is 13.0. The van der Waals surface area contributed by atoms with Crippen molar-refractivity contribution in [1.29, 1.82) is 0 Å². The Balaban J connectivity index is 1.86. The molecule has 3 aromatic rings. The Hall–Kier alpha value is -2.74. The van der Waals surface area contributed by atoms with Gasteiger partial charge in [-0.15, -0.1) is 0 Å². The lowest BCUT2D eigenvalue weighted by atomic mass is 9.92. The molecule has 0 aliphatic carbocycles. The van der Waals surface area contributed by atoms with E-state index in [9.17, 15) is 0 Å². The molecule has 2 nitrogen and oxygen atoms in total. The van der Waals surface area contributed by atoms with E-state index in [0.717, 1.165) is 13.1 Å². The lowest BCUT2D eigenvalue weighted by Crippen LogP contribution is -2.12. The van der Waals surface area contributed by atoms with E-state index in [4.69, 9.17) is 0 Å². The Morgan fingerprint density at radius 3 is 1.00 bits per heavy atom. The second-order valence-electron chi connectivity index (χ2n) is 10.7. The SMILES string of the molecule is CC(C)c1cccc(C(C)C)c1NCc1ccccc1CNc1c(C(C)C)cccc1C(C)C. The molecule has 0 heterocycles. The fraction of sp³-hybridized carbons (Fsp3) is 0.438. The first-order valence-electron chi connectivity index (χ1n) is 13.0. The maximum absolute atomic E-state index is 3.83. The van der Waals surface area contributed by atoms with E-state index >= 15 is 0 Å². The van der Waals surface area contributed by atoms with Crippen molar-refractivity contribution in [1.82, 2.24) is 0 Å². The van der Waals surface area contributed by atoms with Crippen molar-refractivity contribution >= 4 is 11.4 Å². The van der Waals surface area contributed by atoms with Crippen LogP contribution in [-0.4, -0.2) is 0 Å². The van der Waals surface area contributed by atoms with E-state index < -0.39 is 0 Å². The van der Waals surface area contributed by atoms with E-state index in [1.165, 1.54) is 44.8 Å². The predicted molar refractivity (Wildman–Crippen MR) is 150 cm³/mol. The quantitative estimate of drug-likeness (QED) is 0.317. The molecule has 182 valence electrons. The van der Waals surface area contributed by atoms with Crippen molar-refractivity contribution < 1.29 is 0 Å². The molecule has 34 heavy (non-hydrogen) atoms. The van der Waals surface area contributed by atoms with Gasteiger partial charge in [-0.05, 0) is 57.1 Å². The second kappa shape index (κ2) is 11.6. The third kappa shape index (κ3) is 6.03. The summed E-state index contributed by atoms with van der Waals surface area (Å²) in [6, 6.07) is 22.3. The third-order valence-electron chi connectivity index (χ3n) is 6.78. The Morgan fingerprint density at radius 1 is 0.441 bits per heavy atom. The number of hydrogen-bond acceptors (Lipinski definition) is 2.